The molecule has 12 heavy (non-hydrogen) atoms. The molecule has 7 heteroatoms. The highest BCUT2D eigenvalue weighted by atomic mass is 79.9. The maximum absolute atomic E-state index is 12.6. The van der Waals surface area contributed by atoms with Crippen LogP contribution in [0.3, 0.4) is 0 Å². The van der Waals surface area contributed by atoms with Crippen LogP contribution in [-0.4, -0.2) is 21.0 Å². The van der Waals surface area contributed by atoms with E-state index in [9.17, 15) is 18.0 Å². The number of hydrogen-bond donors (Lipinski definition) is 1. The van der Waals surface area contributed by atoms with Crippen molar-refractivity contribution in [3.8, 4) is 0 Å². The Morgan fingerprint density at radius 3 is 2.17 bits per heavy atom. The molecule has 0 rings (SSSR count). The maximum Gasteiger partial charge on any atom is 0.352 e. The van der Waals surface area contributed by atoms with Crippen molar-refractivity contribution in [3.05, 3.63) is 12.2 Å². The summed E-state index contributed by atoms with van der Waals surface area (Å²) < 4.78 is 36.8. The lowest BCUT2D eigenvalue weighted by Gasteiger charge is -2.18. The molecule has 0 aromatic carbocycles. The van der Waals surface area contributed by atoms with Crippen LogP contribution >= 0.6 is 27.5 Å². The standard InChI is InChI=1S/C5H3BrClF3O2/c6-5(9,10)4(7,8)2-1-3(11)12/h1-2H,(H,11,12)/b2-1+. The predicted octanol–water partition coefficient (Wildman–Crippen LogP) is 2.52. The Bertz CT molecular complexity index is 211. The topological polar surface area (TPSA) is 37.3 Å². The van der Waals surface area contributed by atoms with E-state index >= 15 is 0 Å². The molecule has 0 aromatic rings. The van der Waals surface area contributed by atoms with Crippen molar-refractivity contribution in [1.29, 1.82) is 0 Å². The van der Waals surface area contributed by atoms with Gasteiger partial charge in [-0.3, -0.25) is 0 Å². The van der Waals surface area contributed by atoms with E-state index in [0.29, 0.717) is 0 Å². The summed E-state index contributed by atoms with van der Waals surface area (Å²) in [6.07, 6.45) is 0.244. The third-order valence-electron chi connectivity index (χ3n) is 0.813. The normalized spacial score (nSPS) is 17.8. The molecule has 70 valence electrons. The zero-order valence-corrected chi connectivity index (χ0v) is 7.74. The van der Waals surface area contributed by atoms with Crippen LogP contribution in [0.2, 0.25) is 0 Å². The molecule has 0 aliphatic carbocycles. The average molecular weight is 267 g/mol. The van der Waals surface area contributed by atoms with Gasteiger partial charge in [-0.1, -0.05) is 11.6 Å². The van der Waals surface area contributed by atoms with Crippen molar-refractivity contribution in [2.45, 2.75) is 9.96 Å². The first kappa shape index (κ1) is 11.8. The van der Waals surface area contributed by atoms with E-state index in [0.717, 1.165) is 0 Å². The molecule has 0 spiro atoms. The molecule has 0 aromatic heterocycles. The van der Waals surface area contributed by atoms with Gasteiger partial charge in [-0.2, -0.15) is 8.78 Å². The third kappa shape index (κ3) is 3.44. The molecule has 2 nitrogen and oxygen atoms in total. The van der Waals surface area contributed by atoms with Crippen LogP contribution in [0.5, 0.6) is 0 Å². The van der Waals surface area contributed by atoms with Gasteiger partial charge >= 0.3 is 10.8 Å². The van der Waals surface area contributed by atoms with Crippen LogP contribution in [0.25, 0.3) is 0 Å². The van der Waals surface area contributed by atoms with Gasteiger partial charge in [0.1, 0.15) is 0 Å². The molecule has 1 N–H and O–H groups in total. The van der Waals surface area contributed by atoms with Crippen molar-refractivity contribution < 1.29 is 23.1 Å². The van der Waals surface area contributed by atoms with Gasteiger partial charge in [0.05, 0.1) is 0 Å². The van der Waals surface area contributed by atoms with E-state index in [1.54, 1.807) is 15.9 Å². The van der Waals surface area contributed by atoms with Crippen LogP contribution in [0.15, 0.2) is 12.2 Å². The fourth-order valence-electron chi connectivity index (χ4n) is 0.270. The lowest BCUT2D eigenvalue weighted by atomic mass is 10.3. The summed E-state index contributed by atoms with van der Waals surface area (Å²) in [5.74, 6) is -1.56. The molecule has 0 bridgehead atoms. The summed E-state index contributed by atoms with van der Waals surface area (Å²) in [4.78, 5) is 5.79. The summed E-state index contributed by atoms with van der Waals surface area (Å²) in [7, 11) is 0. The highest BCUT2D eigenvalue weighted by Gasteiger charge is 2.49. The molecule has 0 saturated heterocycles. The number of allylic oxidation sites excluding steroid dienone is 1. The van der Waals surface area contributed by atoms with Crippen LogP contribution in [-0.2, 0) is 4.79 Å². The van der Waals surface area contributed by atoms with Gasteiger partial charge in [0.25, 0.3) is 5.13 Å². The summed E-state index contributed by atoms with van der Waals surface area (Å²) in [6.45, 7) is 0. The van der Waals surface area contributed by atoms with Gasteiger partial charge in [-0.15, -0.1) is 0 Å². The first-order valence-corrected chi connectivity index (χ1v) is 3.70. The molecule has 0 aliphatic rings. The first-order chi connectivity index (χ1) is 5.17. The lowest BCUT2D eigenvalue weighted by molar-refractivity contribution is -0.131. The van der Waals surface area contributed by atoms with Crippen molar-refractivity contribution in [2.75, 3.05) is 0 Å². The summed E-state index contributed by atoms with van der Waals surface area (Å²) in [6, 6.07) is 0. The molecule has 0 saturated carbocycles. The van der Waals surface area contributed by atoms with Gasteiger partial charge in [0, 0.05) is 6.08 Å². The van der Waals surface area contributed by atoms with E-state index in [-0.39, 0.29) is 12.2 Å². The number of aliphatic carboxylic acids is 1. The highest BCUT2D eigenvalue weighted by Crippen LogP contribution is 2.42. The molecular formula is C5H3BrClF3O2. The predicted molar refractivity (Wildman–Crippen MR) is 40.3 cm³/mol. The van der Waals surface area contributed by atoms with Crippen LogP contribution < -0.4 is 0 Å². The second kappa shape index (κ2) is 3.66. The minimum absolute atomic E-state index is 0.0473. The Morgan fingerprint density at radius 2 is 1.92 bits per heavy atom. The van der Waals surface area contributed by atoms with Gasteiger partial charge in [-0.05, 0) is 22.0 Å². The highest BCUT2D eigenvalue weighted by molar-refractivity contribution is 9.10. The SMILES string of the molecule is O=C(O)/C=C/C(F)(Cl)C(F)(F)Br. The largest absolute Gasteiger partial charge is 0.478 e. The quantitative estimate of drug-likeness (QED) is 0.630. The Balaban J connectivity index is 4.54. The smallest absolute Gasteiger partial charge is 0.352 e. The fourth-order valence-corrected chi connectivity index (χ4v) is 0.466. The van der Waals surface area contributed by atoms with Crippen molar-refractivity contribution in [2.24, 2.45) is 0 Å². The van der Waals surface area contributed by atoms with Gasteiger partial charge in [0.15, 0.2) is 0 Å². The van der Waals surface area contributed by atoms with Gasteiger partial charge < -0.3 is 5.11 Å². The number of carbonyl (C=O) groups is 1. The van der Waals surface area contributed by atoms with E-state index in [1.165, 1.54) is 0 Å². The summed E-state index contributed by atoms with van der Waals surface area (Å²) in [5.41, 5.74) is 0. The summed E-state index contributed by atoms with van der Waals surface area (Å²) >= 11 is 6.31. The first-order valence-electron chi connectivity index (χ1n) is 2.53. The van der Waals surface area contributed by atoms with Crippen LogP contribution in [0.4, 0.5) is 13.2 Å². The van der Waals surface area contributed by atoms with E-state index in [1.807, 2.05) is 0 Å². The van der Waals surface area contributed by atoms with Crippen LogP contribution in [0.1, 0.15) is 0 Å². The van der Waals surface area contributed by atoms with Gasteiger partial charge in [-0.25, -0.2) is 9.18 Å². The Morgan fingerprint density at radius 1 is 1.50 bits per heavy atom. The third-order valence-corrected chi connectivity index (χ3v) is 1.98. The Hall–Kier alpha value is -0.230. The van der Waals surface area contributed by atoms with Crippen molar-refractivity contribution >= 4 is 33.5 Å². The molecule has 1 unspecified atom stereocenters. The molecule has 0 radical (unpaired) electrons. The minimum atomic E-state index is -4.01. The fraction of sp³-hybridized carbons (Fsp3) is 0.400. The minimum Gasteiger partial charge on any atom is -0.478 e. The van der Waals surface area contributed by atoms with E-state index < -0.39 is 15.9 Å². The zero-order chi connectivity index (χ0) is 9.99. The van der Waals surface area contributed by atoms with E-state index in [2.05, 4.69) is 11.6 Å². The summed E-state index contributed by atoms with van der Waals surface area (Å²) in [5, 5.41) is 4.43. The van der Waals surface area contributed by atoms with Crippen molar-refractivity contribution in [3.63, 3.8) is 0 Å². The molecule has 0 fully saturated rings. The zero-order valence-electron chi connectivity index (χ0n) is 5.40. The second-order valence-electron chi connectivity index (χ2n) is 1.79. The number of halogens is 5. The molecule has 0 amide bonds. The van der Waals surface area contributed by atoms with Crippen LogP contribution in [0, 0.1) is 0 Å². The van der Waals surface area contributed by atoms with Gasteiger partial charge in [0.2, 0.25) is 0 Å². The number of carboxylic acid groups (broad SMARTS) is 1. The molecule has 0 aliphatic heterocycles. The maximum atomic E-state index is 12.6. The lowest BCUT2D eigenvalue weighted by Crippen LogP contribution is -2.31. The molecule has 1 atom stereocenters. The van der Waals surface area contributed by atoms with E-state index in [4.69, 9.17) is 5.11 Å². The number of alkyl halides is 5. The van der Waals surface area contributed by atoms with Crippen molar-refractivity contribution in [1.82, 2.24) is 0 Å². The second-order valence-corrected chi connectivity index (χ2v) is 3.34. The molecule has 0 heterocycles. The number of carboxylic acids is 1. The monoisotopic (exact) mass is 266 g/mol. The Labute approximate surface area is 79.1 Å². The molecular weight excluding hydrogens is 264 g/mol. The number of rotatable bonds is 3. The number of hydrogen-bond acceptors (Lipinski definition) is 1. The Kier molecular flexibility index (Phi) is 3.59. The average Bonchev–Trinajstić information content (AvgIpc) is 1.81.